The van der Waals surface area contributed by atoms with Crippen molar-refractivity contribution in [3.63, 3.8) is 0 Å². The lowest BCUT2D eigenvalue weighted by molar-refractivity contribution is 0.332. The van der Waals surface area contributed by atoms with Gasteiger partial charge in [0.15, 0.2) is 0 Å². The van der Waals surface area contributed by atoms with Gasteiger partial charge in [0.25, 0.3) is 0 Å². The summed E-state index contributed by atoms with van der Waals surface area (Å²) < 4.78 is 0. The number of nitrogens with zero attached hydrogens (tertiary/aromatic N) is 1. The van der Waals surface area contributed by atoms with Crippen LogP contribution in [-0.2, 0) is 0 Å². The van der Waals surface area contributed by atoms with Gasteiger partial charge in [0, 0.05) is 22.3 Å². The molecule has 0 aliphatic heterocycles. The van der Waals surface area contributed by atoms with Gasteiger partial charge in [-0.2, -0.15) is 0 Å². The van der Waals surface area contributed by atoms with Crippen LogP contribution in [-0.4, -0.2) is 16.7 Å². The quantitative estimate of drug-likeness (QED) is 0.652. The third-order valence-corrected chi connectivity index (χ3v) is 4.10. The molecule has 0 amide bonds. The van der Waals surface area contributed by atoms with Crippen LogP contribution in [0.3, 0.4) is 0 Å². The molecular formula is C23H18ClNO. The molecule has 2 nitrogen and oxygen atoms in total. The molecule has 0 bridgehead atoms. The Morgan fingerprint density at radius 1 is 0.962 bits per heavy atom. The lowest BCUT2D eigenvalue weighted by Crippen LogP contribution is -1.85. The first-order chi connectivity index (χ1) is 12.6. The summed E-state index contributed by atoms with van der Waals surface area (Å²) in [7, 11) is 0. The largest absolute Gasteiger partial charge is 0.392 e. The van der Waals surface area contributed by atoms with Crippen LogP contribution in [0.25, 0.3) is 17.2 Å². The molecule has 1 N–H and O–H groups in total. The Hall–Kier alpha value is -2.86. The summed E-state index contributed by atoms with van der Waals surface area (Å²) in [6, 6.07) is 19.5. The minimum atomic E-state index is 0.0687. The molecule has 0 spiro atoms. The van der Waals surface area contributed by atoms with Crippen molar-refractivity contribution < 1.29 is 5.11 Å². The van der Waals surface area contributed by atoms with Gasteiger partial charge in [-0.05, 0) is 59.9 Å². The summed E-state index contributed by atoms with van der Waals surface area (Å²) in [6.45, 7) is 1.96. The number of pyridine rings is 1. The maximum absolute atomic E-state index is 9.06. The maximum Gasteiger partial charge on any atom is 0.113 e. The van der Waals surface area contributed by atoms with Gasteiger partial charge in [-0.15, -0.1) is 0 Å². The molecule has 0 fully saturated rings. The summed E-state index contributed by atoms with van der Waals surface area (Å²) >= 11 is 5.92. The molecule has 0 unspecified atom stereocenters. The Morgan fingerprint density at radius 2 is 1.65 bits per heavy atom. The van der Waals surface area contributed by atoms with Gasteiger partial charge in [-0.1, -0.05) is 53.9 Å². The molecule has 1 aromatic heterocycles. The number of rotatable bonds is 3. The zero-order valence-corrected chi connectivity index (χ0v) is 15.2. The van der Waals surface area contributed by atoms with E-state index in [2.05, 4.69) is 16.8 Å². The van der Waals surface area contributed by atoms with E-state index in [0.717, 1.165) is 38.5 Å². The van der Waals surface area contributed by atoms with Crippen molar-refractivity contribution >= 4 is 17.7 Å². The molecular weight excluding hydrogens is 342 g/mol. The molecule has 3 heteroatoms. The van der Waals surface area contributed by atoms with E-state index in [1.807, 2.05) is 79.9 Å². The predicted octanol–water partition coefficient (Wildman–Crippen LogP) is 5.20. The minimum Gasteiger partial charge on any atom is -0.392 e. The molecule has 26 heavy (non-hydrogen) atoms. The van der Waals surface area contributed by atoms with Crippen molar-refractivity contribution in [1.82, 2.24) is 4.98 Å². The first kappa shape index (κ1) is 17.9. The Morgan fingerprint density at radius 3 is 2.27 bits per heavy atom. The van der Waals surface area contributed by atoms with E-state index in [4.69, 9.17) is 16.7 Å². The van der Waals surface area contributed by atoms with Gasteiger partial charge >= 0.3 is 0 Å². The third-order valence-electron chi connectivity index (χ3n) is 3.85. The van der Waals surface area contributed by atoms with Crippen molar-refractivity contribution in [2.24, 2.45) is 0 Å². The zero-order chi connectivity index (χ0) is 18.4. The van der Waals surface area contributed by atoms with E-state index >= 15 is 0 Å². The minimum absolute atomic E-state index is 0.0687. The van der Waals surface area contributed by atoms with Crippen molar-refractivity contribution in [2.45, 2.75) is 6.92 Å². The molecule has 128 valence electrons. The average molecular weight is 360 g/mol. The number of aliphatic hydroxyl groups is 1. The number of benzene rings is 2. The fraction of sp³-hybridized carbons (Fsp3) is 0.0870. The normalized spacial score (nSPS) is 11.0. The molecule has 0 saturated heterocycles. The van der Waals surface area contributed by atoms with E-state index in [0.29, 0.717) is 0 Å². The molecule has 0 saturated carbocycles. The summed E-state index contributed by atoms with van der Waals surface area (Å²) in [6.07, 6.45) is 3.77. The highest BCUT2D eigenvalue weighted by molar-refractivity contribution is 6.30. The van der Waals surface area contributed by atoms with Crippen molar-refractivity contribution in [1.29, 1.82) is 0 Å². The molecule has 0 radical (unpaired) electrons. The van der Waals surface area contributed by atoms with Crippen LogP contribution >= 0.6 is 11.6 Å². The molecule has 0 aliphatic carbocycles. The number of hydrogen-bond donors (Lipinski definition) is 1. The summed E-state index contributed by atoms with van der Waals surface area (Å²) in [5.41, 5.74) is 5.72. The number of aromatic nitrogens is 1. The first-order valence-corrected chi connectivity index (χ1v) is 8.64. The van der Waals surface area contributed by atoms with Gasteiger partial charge in [-0.3, -0.25) is 0 Å². The van der Waals surface area contributed by atoms with E-state index in [9.17, 15) is 0 Å². The second-order valence-corrected chi connectivity index (χ2v) is 6.40. The van der Waals surface area contributed by atoms with Crippen LogP contribution in [0.5, 0.6) is 0 Å². The first-order valence-electron chi connectivity index (χ1n) is 8.26. The van der Waals surface area contributed by atoms with Crippen molar-refractivity contribution in [3.8, 4) is 23.0 Å². The topological polar surface area (TPSA) is 33.1 Å². The van der Waals surface area contributed by atoms with Gasteiger partial charge in [0.1, 0.15) is 5.69 Å². The predicted molar refractivity (Wildman–Crippen MR) is 108 cm³/mol. The van der Waals surface area contributed by atoms with Crippen LogP contribution in [0, 0.1) is 11.8 Å². The van der Waals surface area contributed by atoms with E-state index < -0.39 is 0 Å². The van der Waals surface area contributed by atoms with Crippen LogP contribution in [0.1, 0.15) is 23.7 Å². The lowest BCUT2D eigenvalue weighted by atomic mass is 10.1. The lowest BCUT2D eigenvalue weighted by Gasteiger charge is -2.01. The summed E-state index contributed by atoms with van der Waals surface area (Å²) in [5.74, 6) is 6.20. The number of halogens is 1. The molecule has 3 rings (SSSR count). The highest BCUT2D eigenvalue weighted by Crippen LogP contribution is 2.20. The molecule has 3 aromatic rings. The Bertz CT molecular complexity index is 960. The fourth-order valence-corrected chi connectivity index (χ4v) is 2.54. The molecule has 2 aromatic carbocycles. The fourth-order valence-electron chi connectivity index (χ4n) is 2.41. The standard InChI is InChI=1S/C23H18ClNO/c1-17(16-26)14-19-4-2-18(3-5-19)6-12-23-13-9-21(15-25-23)20-7-10-22(24)11-8-20/h2-5,7-11,13-15,26H,16H2,1H3/b17-14+. The van der Waals surface area contributed by atoms with Gasteiger partial charge < -0.3 is 5.11 Å². The second-order valence-electron chi connectivity index (χ2n) is 5.96. The Kier molecular flexibility index (Phi) is 5.86. The van der Waals surface area contributed by atoms with Crippen molar-refractivity contribution in [3.05, 3.63) is 94.3 Å². The maximum atomic E-state index is 9.06. The SMILES string of the molecule is C/C(=C\c1ccc(C#Cc2ccc(-c3ccc(Cl)cc3)cn2)cc1)CO. The number of aliphatic hydroxyl groups excluding tert-OH is 1. The highest BCUT2D eigenvalue weighted by atomic mass is 35.5. The average Bonchev–Trinajstić information content (AvgIpc) is 2.68. The van der Waals surface area contributed by atoms with Crippen LogP contribution in [0.2, 0.25) is 5.02 Å². The van der Waals surface area contributed by atoms with E-state index in [1.165, 1.54) is 0 Å². The van der Waals surface area contributed by atoms with Gasteiger partial charge in [-0.25, -0.2) is 4.98 Å². The Balaban J connectivity index is 1.73. The van der Waals surface area contributed by atoms with Crippen molar-refractivity contribution in [2.75, 3.05) is 6.61 Å². The molecule has 1 heterocycles. The summed E-state index contributed by atoms with van der Waals surface area (Å²) in [4.78, 5) is 4.42. The van der Waals surface area contributed by atoms with E-state index in [1.54, 1.807) is 0 Å². The van der Waals surface area contributed by atoms with Crippen LogP contribution in [0.15, 0.2) is 72.4 Å². The third kappa shape index (κ3) is 4.83. The van der Waals surface area contributed by atoms with Gasteiger partial charge in [0.05, 0.1) is 6.61 Å². The van der Waals surface area contributed by atoms with E-state index in [-0.39, 0.29) is 6.61 Å². The molecule has 0 aliphatic rings. The van der Waals surface area contributed by atoms with Gasteiger partial charge in [0.2, 0.25) is 0 Å². The van der Waals surface area contributed by atoms with Crippen LogP contribution in [0.4, 0.5) is 0 Å². The zero-order valence-electron chi connectivity index (χ0n) is 14.4. The smallest absolute Gasteiger partial charge is 0.113 e. The molecule has 0 atom stereocenters. The highest BCUT2D eigenvalue weighted by Gasteiger charge is 1.98. The number of hydrogen-bond acceptors (Lipinski definition) is 2. The Labute approximate surface area is 158 Å². The monoisotopic (exact) mass is 359 g/mol. The summed E-state index contributed by atoms with van der Waals surface area (Å²) in [5, 5.41) is 9.78. The second kappa shape index (κ2) is 8.49. The van der Waals surface area contributed by atoms with Crippen LogP contribution < -0.4 is 0 Å².